The molecule has 2 atom stereocenters. The first-order valence-corrected chi connectivity index (χ1v) is 9.36. The molecule has 3 N–H and O–H groups in total. The van der Waals surface area contributed by atoms with Crippen LogP contribution in [-0.2, 0) is 12.8 Å². The third-order valence-corrected chi connectivity index (χ3v) is 5.80. The predicted molar refractivity (Wildman–Crippen MR) is 109 cm³/mol. The molecule has 0 aromatic heterocycles. The van der Waals surface area contributed by atoms with E-state index in [-0.39, 0.29) is 35.3 Å². The number of phenolic OH excluding ortho intramolecular Hbond substituents is 2. The van der Waals surface area contributed by atoms with Crippen LogP contribution in [0, 0.1) is 5.92 Å². The van der Waals surface area contributed by atoms with Gasteiger partial charge in [-0.05, 0) is 42.5 Å². The van der Waals surface area contributed by atoms with Gasteiger partial charge in [-0.2, -0.15) is 0 Å². The van der Waals surface area contributed by atoms with Crippen LogP contribution in [0.2, 0.25) is 0 Å². The Kier molecular flexibility index (Phi) is 5.45. The quantitative estimate of drug-likeness (QED) is 0.719. The maximum absolute atomic E-state index is 11.1. The molecule has 3 rings (SSSR count). The highest BCUT2D eigenvalue weighted by molar-refractivity contribution is 5.88. The SMILES string of the molecule is COc1c(O)cc2c(c1OC)-c1c(cc(O)c(OC)c1OC)C[C@@](C)(O)[C@H](C)C2. The van der Waals surface area contributed by atoms with E-state index in [4.69, 9.17) is 18.9 Å². The van der Waals surface area contributed by atoms with Gasteiger partial charge in [-0.1, -0.05) is 6.92 Å². The average Bonchev–Trinajstić information content (AvgIpc) is 2.66. The minimum atomic E-state index is -1.05. The van der Waals surface area contributed by atoms with Gasteiger partial charge in [0.25, 0.3) is 0 Å². The molecule has 2 aromatic carbocycles. The fraction of sp³-hybridized carbons (Fsp3) is 0.455. The Labute approximate surface area is 170 Å². The van der Waals surface area contributed by atoms with Crippen molar-refractivity contribution in [3.05, 3.63) is 23.3 Å². The molecule has 0 radical (unpaired) electrons. The van der Waals surface area contributed by atoms with E-state index >= 15 is 0 Å². The van der Waals surface area contributed by atoms with Crippen LogP contribution in [0.15, 0.2) is 12.1 Å². The molecule has 0 aliphatic heterocycles. The highest BCUT2D eigenvalue weighted by atomic mass is 16.5. The van der Waals surface area contributed by atoms with E-state index in [1.807, 2.05) is 6.92 Å². The third kappa shape index (κ3) is 3.29. The number of benzene rings is 2. The summed E-state index contributed by atoms with van der Waals surface area (Å²) in [4.78, 5) is 0. The monoisotopic (exact) mass is 404 g/mol. The Morgan fingerprint density at radius 2 is 1.21 bits per heavy atom. The molecule has 0 heterocycles. The van der Waals surface area contributed by atoms with E-state index in [0.717, 1.165) is 5.56 Å². The van der Waals surface area contributed by atoms with Crippen LogP contribution in [0.25, 0.3) is 11.1 Å². The van der Waals surface area contributed by atoms with Crippen molar-refractivity contribution < 1.29 is 34.3 Å². The lowest BCUT2D eigenvalue weighted by Crippen LogP contribution is -2.37. The van der Waals surface area contributed by atoms with Gasteiger partial charge in [0.2, 0.25) is 11.5 Å². The Bertz CT molecular complexity index is 934. The first-order valence-electron chi connectivity index (χ1n) is 9.36. The summed E-state index contributed by atoms with van der Waals surface area (Å²) in [7, 11) is 5.89. The summed E-state index contributed by atoms with van der Waals surface area (Å²) in [5.74, 6) is 0.775. The molecule has 2 aromatic rings. The summed E-state index contributed by atoms with van der Waals surface area (Å²) in [6, 6.07) is 3.20. The van der Waals surface area contributed by atoms with E-state index in [9.17, 15) is 15.3 Å². The molecule has 7 nitrogen and oxygen atoms in total. The maximum Gasteiger partial charge on any atom is 0.203 e. The van der Waals surface area contributed by atoms with Gasteiger partial charge in [-0.3, -0.25) is 0 Å². The van der Waals surface area contributed by atoms with E-state index in [2.05, 4.69) is 0 Å². The lowest BCUT2D eigenvalue weighted by Gasteiger charge is -2.35. The van der Waals surface area contributed by atoms with Crippen molar-refractivity contribution in [2.75, 3.05) is 28.4 Å². The first kappa shape index (κ1) is 20.9. The zero-order valence-corrected chi connectivity index (χ0v) is 17.6. The minimum Gasteiger partial charge on any atom is -0.504 e. The second-order valence-corrected chi connectivity index (χ2v) is 7.63. The van der Waals surface area contributed by atoms with Gasteiger partial charge in [0.1, 0.15) is 0 Å². The molecular formula is C22H28O7. The molecule has 0 fully saturated rings. The number of fused-ring (bicyclic) bond motifs is 3. The number of ether oxygens (including phenoxy) is 4. The van der Waals surface area contributed by atoms with Crippen LogP contribution in [0.3, 0.4) is 0 Å². The summed E-state index contributed by atoms with van der Waals surface area (Å²) >= 11 is 0. The molecule has 0 unspecified atom stereocenters. The highest BCUT2D eigenvalue weighted by Gasteiger charge is 2.37. The largest absolute Gasteiger partial charge is 0.504 e. The van der Waals surface area contributed by atoms with Crippen LogP contribution >= 0.6 is 0 Å². The fourth-order valence-electron chi connectivity index (χ4n) is 4.10. The van der Waals surface area contributed by atoms with Crippen LogP contribution in [0.5, 0.6) is 34.5 Å². The summed E-state index contributed by atoms with van der Waals surface area (Å²) in [5.41, 5.74) is 1.68. The highest BCUT2D eigenvalue weighted by Crippen LogP contribution is 2.55. The zero-order valence-electron chi connectivity index (χ0n) is 17.6. The van der Waals surface area contributed by atoms with Gasteiger partial charge in [0.15, 0.2) is 23.0 Å². The van der Waals surface area contributed by atoms with Crippen molar-refractivity contribution in [2.24, 2.45) is 5.92 Å². The molecule has 1 aliphatic rings. The summed E-state index contributed by atoms with van der Waals surface area (Å²) < 4.78 is 22.1. The standard InChI is InChI=1S/C22H28O7/c1-11-7-12-8-14(23)18(26-3)20(28-5)16(12)17-13(10-22(11,2)25)9-15(24)19(27-4)21(17)29-6/h8-9,11,23-25H,7,10H2,1-6H3/t11-,22-/m1/s1. The van der Waals surface area contributed by atoms with Gasteiger partial charge >= 0.3 is 0 Å². The number of rotatable bonds is 4. The van der Waals surface area contributed by atoms with E-state index in [1.165, 1.54) is 28.4 Å². The molecule has 1 aliphatic carbocycles. The minimum absolute atomic E-state index is 0.0539. The first-order chi connectivity index (χ1) is 13.7. The zero-order chi connectivity index (χ0) is 21.5. The average molecular weight is 404 g/mol. The molecule has 0 amide bonds. The number of hydrogen-bond donors (Lipinski definition) is 3. The van der Waals surface area contributed by atoms with Crippen molar-refractivity contribution in [3.8, 4) is 45.6 Å². The second-order valence-electron chi connectivity index (χ2n) is 7.63. The molecule has 0 saturated carbocycles. The van der Waals surface area contributed by atoms with Crippen molar-refractivity contribution in [3.63, 3.8) is 0 Å². The molecule has 29 heavy (non-hydrogen) atoms. The Hall–Kier alpha value is -2.80. The van der Waals surface area contributed by atoms with Gasteiger partial charge in [0.05, 0.1) is 34.0 Å². The van der Waals surface area contributed by atoms with Gasteiger partial charge in [0, 0.05) is 17.5 Å². The number of methoxy groups -OCH3 is 4. The topological polar surface area (TPSA) is 97.6 Å². The number of aromatic hydroxyl groups is 2. The summed E-state index contributed by atoms with van der Waals surface area (Å²) in [6.45, 7) is 3.71. The Morgan fingerprint density at radius 3 is 1.66 bits per heavy atom. The predicted octanol–water partition coefficient (Wildman–Crippen LogP) is 3.28. The lowest BCUT2D eigenvalue weighted by molar-refractivity contribution is 0.00628. The summed E-state index contributed by atoms with van der Waals surface area (Å²) in [6.07, 6.45) is 0.769. The molecule has 158 valence electrons. The van der Waals surface area contributed by atoms with Crippen molar-refractivity contribution in [2.45, 2.75) is 32.3 Å². The van der Waals surface area contributed by atoms with Gasteiger partial charge in [-0.15, -0.1) is 0 Å². The molecule has 7 heteroatoms. The van der Waals surface area contributed by atoms with Crippen LogP contribution in [-0.4, -0.2) is 49.4 Å². The Balaban J connectivity index is 2.52. The van der Waals surface area contributed by atoms with Crippen molar-refractivity contribution in [1.82, 2.24) is 0 Å². The number of hydrogen-bond acceptors (Lipinski definition) is 7. The normalized spacial score (nSPS) is 20.7. The van der Waals surface area contributed by atoms with Crippen LogP contribution in [0.1, 0.15) is 25.0 Å². The number of phenols is 2. The number of aliphatic hydroxyl groups is 1. The van der Waals surface area contributed by atoms with Gasteiger partial charge < -0.3 is 34.3 Å². The lowest BCUT2D eigenvalue weighted by atomic mass is 9.75. The fourth-order valence-corrected chi connectivity index (χ4v) is 4.10. The third-order valence-electron chi connectivity index (χ3n) is 5.80. The Morgan fingerprint density at radius 1 is 0.793 bits per heavy atom. The van der Waals surface area contributed by atoms with Gasteiger partial charge in [-0.25, -0.2) is 0 Å². The molecule has 0 bridgehead atoms. The summed E-state index contributed by atoms with van der Waals surface area (Å²) in [5, 5.41) is 32.2. The van der Waals surface area contributed by atoms with E-state index < -0.39 is 5.60 Å². The smallest absolute Gasteiger partial charge is 0.203 e. The molecule has 0 spiro atoms. The molecular weight excluding hydrogens is 376 g/mol. The van der Waals surface area contributed by atoms with Crippen molar-refractivity contribution >= 4 is 0 Å². The molecule has 0 saturated heterocycles. The van der Waals surface area contributed by atoms with Crippen LogP contribution < -0.4 is 18.9 Å². The van der Waals surface area contributed by atoms with E-state index in [0.29, 0.717) is 34.6 Å². The maximum atomic E-state index is 11.1. The van der Waals surface area contributed by atoms with Crippen molar-refractivity contribution in [1.29, 1.82) is 0 Å². The van der Waals surface area contributed by atoms with Crippen LogP contribution in [0.4, 0.5) is 0 Å². The second kappa shape index (κ2) is 7.55. The van der Waals surface area contributed by atoms with E-state index in [1.54, 1.807) is 19.1 Å².